The standard InChI is InChI=1S/C42H49N5O2/c1-9-24-26(11-3)35-22-37-28(13-5)30(15-7)41(45-37)40(32-19-17-18-20-39(32)47(48)49)42-31(16-8)29(14-6)38(46-42)23-36-27(12-4)25(10-2)34(44-36)21-33(24)43-35/h17-23,43-44H,9-16H2,1-8H3. The number of fused-ring (bicyclic) bond motifs is 8. The summed E-state index contributed by atoms with van der Waals surface area (Å²) < 4.78 is 0. The molecule has 8 bridgehead atoms. The molecule has 2 N–H and O–H groups in total. The minimum atomic E-state index is -0.275. The third-order valence-corrected chi connectivity index (χ3v) is 10.5. The Kier molecular flexibility index (Phi) is 9.73. The number of aryl methyl sites for hydroxylation is 4. The highest BCUT2D eigenvalue weighted by Gasteiger charge is 2.30. The molecule has 7 nitrogen and oxygen atoms in total. The van der Waals surface area contributed by atoms with Gasteiger partial charge in [-0.1, -0.05) is 67.5 Å². The van der Waals surface area contributed by atoms with Crippen molar-refractivity contribution in [2.45, 2.75) is 107 Å². The molecule has 0 spiro atoms. The Morgan fingerprint density at radius 2 is 0.939 bits per heavy atom. The number of para-hydroxylation sites is 1. The van der Waals surface area contributed by atoms with Gasteiger partial charge in [-0.25, -0.2) is 9.97 Å². The van der Waals surface area contributed by atoms with Crippen molar-refractivity contribution in [1.29, 1.82) is 0 Å². The molecule has 2 aliphatic rings. The summed E-state index contributed by atoms with van der Waals surface area (Å²) in [6, 6.07) is 13.8. The number of hydrogen-bond acceptors (Lipinski definition) is 4. The summed E-state index contributed by atoms with van der Waals surface area (Å²) in [7, 11) is 0. The Morgan fingerprint density at radius 3 is 1.31 bits per heavy atom. The molecule has 0 atom stereocenters. The van der Waals surface area contributed by atoms with Crippen molar-refractivity contribution < 1.29 is 4.92 Å². The van der Waals surface area contributed by atoms with E-state index in [0.717, 1.165) is 113 Å². The molecule has 0 saturated heterocycles. The van der Waals surface area contributed by atoms with Crippen LogP contribution in [0.5, 0.6) is 0 Å². The molecule has 6 rings (SSSR count). The van der Waals surface area contributed by atoms with Crippen LogP contribution >= 0.6 is 0 Å². The Labute approximate surface area is 289 Å². The van der Waals surface area contributed by atoms with Crippen LogP contribution in [0, 0.1) is 10.1 Å². The lowest BCUT2D eigenvalue weighted by atomic mass is 9.90. The fraction of sp³-hybridized carbons (Fsp3) is 0.381. The summed E-state index contributed by atoms with van der Waals surface area (Å²) in [6.45, 7) is 17.6. The van der Waals surface area contributed by atoms with Crippen molar-refractivity contribution in [3.05, 3.63) is 97.6 Å². The number of aromatic amines is 2. The number of nitrogens with zero attached hydrogens (tertiary/aromatic N) is 3. The van der Waals surface area contributed by atoms with Crippen LogP contribution in [0.4, 0.5) is 5.69 Å². The Bertz CT molecular complexity index is 2070. The maximum Gasteiger partial charge on any atom is 0.277 e. The maximum absolute atomic E-state index is 12.6. The van der Waals surface area contributed by atoms with E-state index in [1.807, 2.05) is 12.1 Å². The lowest BCUT2D eigenvalue weighted by molar-refractivity contribution is -0.384. The van der Waals surface area contributed by atoms with Crippen LogP contribution in [-0.4, -0.2) is 24.9 Å². The molecule has 5 heterocycles. The second-order valence-electron chi connectivity index (χ2n) is 12.8. The molecule has 0 radical (unpaired) electrons. The molecule has 254 valence electrons. The molecule has 2 aliphatic heterocycles. The van der Waals surface area contributed by atoms with Gasteiger partial charge in [0.25, 0.3) is 5.69 Å². The number of benzene rings is 1. The van der Waals surface area contributed by atoms with E-state index in [1.54, 1.807) is 12.1 Å². The molecule has 0 unspecified atom stereocenters. The molecule has 0 fully saturated rings. The first-order valence-corrected chi connectivity index (χ1v) is 18.3. The second-order valence-corrected chi connectivity index (χ2v) is 12.8. The minimum absolute atomic E-state index is 0.0643. The number of nitro groups is 1. The number of aromatic nitrogens is 4. The third-order valence-electron chi connectivity index (χ3n) is 10.5. The largest absolute Gasteiger partial charge is 0.355 e. The highest BCUT2D eigenvalue weighted by Crippen LogP contribution is 2.47. The van der Waals surface area contributed by atoms with Gasteiger partial charge in [0, 0.05) is 33.7 Å². The highest BCUT2D eigenvalue weighted by molar-refractivity contribution is 6.04. The Morgan fingerprint density at radius 1 is 0.551 bits per heavy atom. The van der Waals surface area contributed by atoms with Gasteiger partial charge >= 0.3 is 0 Å². The normalized spacial score (nSPS) is 13.1. The van der Waals surface area contributed by atoms with Gasteiger partial charge in [0.1, 0.15) is 0 Å². The summed E-state index contributed by atoms with van der Waals surface area (Å²) in [5.41, 5.74) is 19.1. The zero-order valence-electron chi connectivity index (χ0n) is 30.4. The second kappa shape index (κ2) is 14.0. The van der Waals surface area contributed by atoms with E-state index in [9.17, 15) is 10.1 Å². The van der Waals surface area contributed by atoms with E-state index in [0.29, 0.717) is 5.56 Å². The average molecular weight is 656 g/mol. The molecule has 1 aromatic carbocycles. The number of nitro benzene ring substituents is 1. The van der Waals surface area contributed by atoms with E-state index in [4.69, 9.17) is 9.97 Å². The van der Waals surface area contributed by atoms with Gasteiger partial charge in [-0.3, -0.25) is 10.1 Å². The number of nitrogens with one attached hydrogen (secondary N) is 2. The first-order chi connectivity index (χ1) is 23.8. The van der Waals surface area contributed by atoms with Crippen LogP contribution in [-0.2, 0) is 25.7 Å². The smallest absolute Gasteiger partial charge is 0.277 e. The first kappa shape index (κ1) is 34.1. The Hall–Kier alpha value is -4.78. The summed E-state index contributed by atoms with van der Waals surface area (Å²) in [4.78, 5) is 30.8. The summed E-state index contributed by atoms with van der Waals surface area (Å²) in [5.74, 6) is 0. The number of hydrogen-bond donors (Lipinski definition) is 2. The SMILES string of the molecule is CCC1=C(CC)c2nc1cc1[nH]c(cc3[nH]c(cc4nc(c2-c2ccccc2[N+](=O)[O-])C(CC)=C4CC)c(CC)c3CC)c(CC)c1CC. The topological polar surface area (TPSA) is 100 Å². The van der Waals surface area contributed by atoms with E-state index >= 15 is 0 Å². The fourth-order valence-corrected chi connectivity index (χ4v) is 8.29. The molecule has 7 heteroatoms. The zero-order valence-corrected chi connectivity index (χ0v) is 30.4. The quantitative estimate of drug-likeness (QED) is 0.131. The van der Waals surface area contributed by atoms with E-state index in [2.05, 4.69) is 83.6 Å². The first-order valence-electron chi connectivity index (χ1n) is 18.3. The van der Waals surface area contributed by atoms with Crippen molar-refractivity contribution in [3.8, 4) is 11.1 Å². The average Bonchev–Trinajstić information content (AvgIpc) is 3.84. The van der Waals surface area contributed by atoms with Crippen LogP contribution < -0.4 is 0 Å². The van der Waals surface area contributed by atoms with Crippen LogP contribution in [0.2, 0.25) is 0 Å². The summed E-state index contributed by atoms with van der Waals surface area (Å²) >= 11 is 0. The van der Waals surface area contributed by atoms with Crippen molar-refractivity contribution in [1.82, 2.24) is 19.9 Å². The van der Waals surface area contributed by atoms with E-state index in [-0.39, 0.29) is 10.6 Å². The number of rotatable bonds is 10. The summed E-state index contributed by atoms with van der Waals surface area (Å²) in [5, 5.41) is 12.6. The van der Waals surface area contributed by atoms with Crippen molar-refractivity contribution >= 4 is 50.0 Å². The monoisotopic (exact) mass is 655 g/mol. The maximum atomic E-state index is 12.6. The molecular weight excluding hydrogens is 606 g/mol. The van der Waals surface area contributed by atoms with Gasteiger partial charge in [0.05, 0.1) is 33.3 Å². The van der Waals surface area contributed by atoms with Gasteiger partial charge in [-0.15, -0.1) is 0 Å². The fourth-order valence-electron chi connectivity index (χ4n) is 8.29. The molecule has 4 aromatic rings. The van der Waals surface area contributed by atoms with E-state index < -0.39 is 0 Å². The Balaban J connectivity index is 1.96. The van der Waals surface area contributed by atoms with Crippen LogP contribution in [0.1, 0.15) is 126 Å². The van der Waals surface area contributed by atoms with E-state index in [1.165, 1.54) is 33.4 Å². The van der Waals surface area contributed by atoms with Gasteiger partial charge < -0.3 is 9.97 Å². The molecule has 0 amide bonds. The molecule has 49 heavy (non-hydrogen) atoms. The van der Waals surface area contributed by atoms with Crippen molar-refractivity contribution in [3.63, 3.8) is 0 Å². The highest BCUT2D eigenvalue weighted by atomic mass is 16.6. The molecule has 0 aliphatic carbocycles. The van der Waals surface area contributed by atoms with Crippen molar-refractivity contribution in [2.24, 2.45) is 0 Å². The van der Waals surface area contributed by atoms with Crippen LogP contribution in [0.15, 0.2) is 42.5 Å². The van der Waals surface area contributed by atoms with Gasteiger partial charge in [-0.2, -0.15) is 0 Å². The predicted molar refractivity (Wildman–Crippen MR) is 205 cm³/mol. The zero-order chi connectivity index (χ0) is 35.0. The molecular formula is C42H49N5O2. The van der Waals surface area contributed by atoms with Crippen molar-refractivity contribution in [2.75, 3.05) is 0 Å². The van der Waals surface area contributed by atoms with Gasteiger partial charge in [-0.05, 0) is 120 Å². The predicted octanol–water partition coefficient (Wildman–Crippen LogP) is 11.6. The van der Waals surface area contributed by atoms with Crippen LogP contribution in [0.25, 0.3) is 55.5 Å². The van der Waals surface area contributed by atoms with Gasteiger partial charge in [0.2, 0.25) is 0 Å². The number of H-pyrrole nitrogens is 2. The lowest BCUT2D eigenvalue weighted by Crippen LogP contribution is -1.98. The minimum Gasteiger partial charge on any atom is -0.355 e. The third kappa shape index (κ3) is 5.63. The summed E-state index contributed by atoms with van der Waals surface area (Å²) in [6.07, 6.45) is 6.72. The molecule has 3 aromatic heterocycles. The van der Waals surface area contributed by atoms with Crippen LogP contribution in [0.3, 0.4) is 0 Å². The molecule has 0 saturated carbocycles. The van der Waals surface area contributed by atoms with Gasteiger partial charge in [0.15, 0.2) is 0 Å². The lowest BCUT2D eigenvalue weighted by Gasteiger charge is -2.13. The number of allylic oxidation sites excluding steroid dienone is 4.